The van der Waals surface area contributed by atoms with E-state index in [0.717, 1.165) is 23.1 Å². The SMILES string of the molecule is C=CC(=C)c1cc2c(cn1)C1CCC2CC1. The number of hydrogen-bond acceptors (Lipinski definition) is 1. The smallest absolute Gasteiger partial charge is 0.0698 e. The predicted octanol–water partition coefficient (Wildman–Crippen LogP) is 4.04. The Morgan fingerprint density at radius 2 is 1.81 bits per heavy atom. The molecule has 0 amide bonds. The van der Waals surface area contributed by atoms with Crippen LogP contribution in [0.2, 0.25) is 0 Å². The van der Waals surface area contributed by atoms with Gasteiger partial charge in [-0.3, -0.25) is 4.98 Å². The fourth-order valence-electron chi connectivity index (χ4n) is 3.17. The molecule has 0 unspecified atom stereocenters. The van der Waals surface area contributed by atoms with Gasteiger partial charge in [-0.1, -0.05) is 19.2 Å². The van der Waals surface area contributed by atoms with Crippen molar-refractivity contribution >= 4 is 5.57 Å². The Morgan fingerprint density at radius 3 is 2.44 bits per heavy atom. The zero-order chi connectivity index (χ0) is 11.1. The van der Waals surface area contributed by atoms with E-state index in [1.54, 1.807) is 6.08 Å². The molecule has 2 bridgehead atoms. The van der Waals surface area contributed by atoms with Crippen molar-refractivity contribution in [3.8, 4) is 0 Å². The highest BCUT2D eigenvalue weighted by atomic mass is 14.7. The van der Waals surface area contributed by atoms with Crippen molar-refractivity contribution in [3.05, 3.63) is 48.3 Å². The van der Waals surface area contributed by atoms with E-state index in [2.05, 4.69) is 30.4 Å². The molecular formula is C15H17N. The summed E-state index contributed by atoms with van der Waals surface area (Å²) in [5.41, 5.74) is 4.98. The first-order chi connectivity index (χ1) is 7.79. The average molecular weight is 211 g/mol. The normalized spacial score (nSPS) is 26.2. The van der Waals surface area contributed by atoms with Gasteiger partial charge in [0.05, 0.1) is 5.69 Å². The van der Waals surface area contributed by atoms with E-state index >= 15 is 0 Å². The second-order valence-electron chi connectivity index (χ2n) is 4.98. The van der Waals surface area contributed by atoms with Crippen LogP contribution in [-0.4, -0.2) is 4.98 Å². The van der Waals surface area contributed by atoms with Gasteiger partial charge in [-0.05, 0) is 60.3 Å². The van der Waals surface area contributed by atoms with E-state index in [1.807, 2.05) is 0 Å². The summed E-state index contributed by atoms with van der Waals surface area (Å²) in [7, 11) is 0. The van der Waals surface area contributed by atoms with Gasteiger partial charge in [-0.25, -0.2) is 0 Å². The highest BCUT2D eigenvalue weighted by molar-refractivity contribution is 5.69. The van der Waals surface area contributed by atoms with E-state index in [-0.39, 0.29) is 0 Å². The van der Waals surface area contributed by atoms with Crippen LogP contribution in [0.5, 0.6) is 0 Å². The molecule has 4 rings (SSSR count). The molecule has 1 heteroatoms. The first-order valence-corrected chi connectivity index (χ1v) is 6.11. The lowest BCUT2D eigenvalue weighted by molar-refractivity contribution is 0.357. The maximum atomic E-state index is 4.51. The minimum atomic E-state index is 0.776. The van der Waals surface area contributed by atoms with Crippen molar-refractivity contribution < 1.29 is 0 Å². The second kappa shape index (κ2) is 3.58. The summed E-state index contributed by atoms with van der Waals surface area (Å²) >= 11 is 0. The Morgan fingerprint density at radius 1 is 1.19 bits per heavy atom. The van der Waals surface area contributed by atoms with Crippen LogP contribution in [0.25, 0.3) is 5.57 Å². The third-order valence-electron chi connectivity index (χ3n) is 4.15. The molecule has 1 aromatic rings. The Bertz CT molecular complexity index is 451. The van der Waals surface area contributed by atoms with Crippen molar-refractivity contribution in [2.24, 2.45) is 0 Å². The quantitative estimate of drug-likeness (QED) is 0.673. The molecular weight excluding hydrogens is 194 g/mol. The second-order valence-corrected chi connectivity index (χ2v) is 4.98. The molecule has 16 heavy (non-hydrogen) atoms. The zero-order valence-corrected chi connectivity index (χ0v) is 9.58. The Kier molecular flexibility index (Phi) is 2.20. The minimum Gasteiger partial charge on any atom is -0.256 e. The van der Waals surface area contributed by atoms with Gasteiger partial charge in [-0.2, -0.15) is 0 Å². The Labute approximate surface area is 96.9 Å². The monoisotopic (exact) mass is 211 g/mol. The third kappa shape index (κ3) is 1.35. The van der Waals surface area contributed by atoms with Crippen LogP contribution in [0, 0.1) is 0 Å². The third-order valence-corrected chi connectivity index (χ3v) is 4.15. The lowest BCUT2D eigenvalue weighted by Gasteiger charge is -2.38. The topological polar surface area (TPSA) is 12.9 Å². The van der Waals surface area contributed by atoms with Crippen LogP contribution in [0.4, 0.5) is 0 Å². The molecule has 0 radical (unpaired) electrons. The van der Waals surface area contributed by atoms with Crippen LogP contribution in [0.15, 0.2) is 31.5 Å². The summed E-state index contributed by atoms with van der Waals surface area (Å²) in [4.78, 5) is 4.51. The molecule has 1 saturated carbocycles. The fourth-order valence-corrected chi connectivity index (χ4v) is 3.17. The molecule has 1 fully saturated rings. The molecule has 1 aromatic heterocycles. The highest BCUT2D eigenvalue weighted by Crippen LogP contribution is 2.49. The van der Waals surface area contributed by atoms with Crippen LogP contribution in [-0.2, 0) is 0 Å². The van der Waals surface area contributed by atoms with Crippen molar-refractivity contribution in [2.75, 3.05) is 0 Å². The first kappa shape index (κ1) is 9.83. The zero-order valence-electron chi connectivity index (χ0n) is 9.58. The number of nitrogens with zero attached hydrogens (tertiary/aromatic N) is 1. The van der Waals surface area contributed by atoms with E-state index < -0.39 is 0 Å². The summed E-state index contributed by atoms with van der Waals surface area (Å²) < 4.78 is 0. The lowest BCUT2D eigenvalue weighted by Crippen LogP contribution is -2.22. The average Bonchev–Trinajstić information content (AvgIpc) is 2.39. The maximum absolute atomic E-state index is 4.51. The van der Waals surface area contributed by atoms with Gasteiger partial charge in [0, 0.05) is 6.20 Å². The van der Waals surface area contributed by atoms with Gasteiger partial charge in [-0.15, -0.1) is 0 Å². The first-order valence-electron chi connectivity index (χ1n) is 6.11. The maximum Gasteiger partial charge on any atom is 0.0698 e. The molecule has 3 aliphatic carbocycles. The number of allylic oxidation sites excluding steroid dienone is 2. The summed E-state index contributed by atoms with van der Waals surface area (Å²) in [5.74, 6) is 1.55. The van der Waals surface area contributed by atoms with Gasteiger partial charge >= 0.3 is 0 Å². The molecule has 0 N–H and O–H groups in total. The van der Waals surface area contributed by atoms with Crippen molar-refractivity contribution in [1.29, 1.82) is 0 Å². The van der Waals surface area contributed by atoms with E-state index in [9.17, 15) is 0 Å². The van der Waals surface area contributed by atoms with Gasteiger partial charge < -0.3 is 0 Å². The standard InChI is InChI=1S/C15H17N/c1-3-10(2)15-8-13-11-4-6-12(7-5-11)14(13)9-16-15/h3,8-9,11-12H,1-2,4-7H2. The van der Waals surface area contributed by atoms with Gasteiger partial charge in [0.25, 0.3) is 0 Å². The number of pyridine rings is 1. The molecule has 82 valence electrons. The van der Waals surface area contributed by atoms with Crippen LogP contribution >= 0.6 is 0 Å². The summed E-state index contributed by atoms with van der Waals surface area (Å²) in [5, 5.41) is 0. The van der Waals surface area contributed by atoms with Crippen LogP contribution in [0.1, 0.15) is 54.3 Å². The summed E-state index contributed by atoms with van der Waals surface area (Å²) in [6, 6.07) is 2.25. The number of aromatic nitrogens is 1. The predicted molar refractivity (Wildman–Crippen MR) is 67.4 cm³/mol. The van der Waals surface area contributed by atoms with E-state index in [1.165, 1.54) is 36.8 Å². The molecule has 0 atom stereocenters. The molecule has 0 saturated heterocycles. The lowest BCUT2D eigenvalue weighted by atomic mass is 9.67. The van der Waals surface area contributed by atoms with E-state index in [0.29, 0.717) is 0 Å². The van der Waals surface area contributed by atoms with Crippen LogP contribution in [0.3, 0.4) is 0 Å². The van der Waals surface area contributed by atoms with Crippen molar-refractivity contribution in [3.63, 3.8) is 0 Å². The molecule has 0 aromatic carbocycles. The Hall–Kier alpha value is -1.37. The minimum absolute atomic E-state index is 0.776. The van der Waals surface area contributed by atoms with Gasteiger partial charge in [0.1, 0.15) is 0 Å². The van der Waals surface area contributed by atoms with E-state index in [4.69, 9.17) is 0 Å². The number of hydrogen-bond donors (Lipinski definition) is 0. The van der Waals surface area contributed by atoms with Crippen molar-refractivity contribution in [1.82, 2.24) is 4.98 Å². The summed E-state index contributed by atoms with van der Waals surface area (Å²) in [6.45, 7) is 7.73. The summed E-state index contributed by atoms with van der Waals surface area (Å²) in [6.07, 6.45) is 9.32. The molecule has 0 aliphatic heterocycles. The number of rotatable bonds is 2. The van der Waals surface area contributed by atoms with Gasteiger partial charge in [0.15, 0.2) is 0 Å². The molecule has 1 heterocycles. The molecule has 1 nitrogen and oxygen atoms in total. The molecule has 0 spiro atoms. The fraction of sp³-hybridized carbons (Fsp3) is 0.400. The largest absolute Gasteiger partial charge is 0.256 e. The highest BCUT2D eigenvalue weighted by Gasteiger charge is 2.33. The van der Waals surface area contributed by atoms with Crippen molar-refractivity contribution in [2.45, 2.75) is 37.5 Å². The van der Waals surface area contributed by atoms with Gasteiger partial charge in [0.2, 0.25) is 0 Å². The van der Waals surface area contributed by atoms with Crippen LogP contribution < -0.4 is 0 Å². The molecule has 3 aliphatic rings. The Balaban J connectivity index is 2.08. The number of fused-ring (bicyclic) bond motifs is 2.